The summed E-state index contributed by atoms with van der Waals surface area (Å²) >= 11 is 0. The Morgan fingerprint density at radius 1 is 1.55 bits per heavy atom. The van der Waals surface area contributed by atoms with Gasteiger partial charge in [-0.05, 0) is 19.3 Å². The first-order chi connectivity index (χ1) is 5.19. The number of aliphatic hydroxyl groups excluding tert-OH is 1. The van der Waals surface area contributed by atoms with Gasteiger partial charge in [0.15, 0.2) is 0 Å². The van der Waals surface area contributed by atoms with Gasteiger partial charge >= 0.3 is 0 Å². The van der Waals surface area contributed by atoms with E-state index in [1.165, 1.54) is 0 Å². The molecule has 64 valence electrons. The van der Waals surface area contributed by atoms with E-state index in [1.807, 2.05) is 0 Å². The molecule has 0 amide bonds. The maximum Gasteiger partial charge on any atom is 0.0939 e. The molecular formula is C9H16O2. The van der Waals surface area contributed by atoms with Crippen LogP contribution in [0.5, 0.6) is 0 Å². The van der Waals surface area contributed by atoms with E-state index in [0.717, 1.165) is 19.3 Å². The minimum atomic E-state index is -0.875. The van der Waals surface area contributed by atoms with Crippen LogP contribution in [0.2, 0.25) is 0 Å². The highest BCUT2D eigenvalue weighted by atomic mass is 16.3. The summed E-state index contributed by atoms with van der Waals surface area (Å²) in [5.41, 5.74) is -0.875. The zero-order valence-electron chi connectivity index (χ0n) is 6.79. The molecule has 0 aromatic carbocycles. The molecular weight excluding hydrogens is 140 g/mol. The van der Waals surface area contributed by atoms with Crippen LogP contribution in [-0.2, 0) is 0 Å². The molecule has 11 heavy (non-hydrogen) atoms. The van der Waals surface area contributed by atoms with Gasteiger partial charge in [0.05, 0.1) is 11.7 Å². The van der Waals surface area contributed by atoms with Crippen molar-refractivity contribution in [3.8, 4) is 0 Å². The quantitative estimate of drug-likeness (QED) is 0.590. The van der Waals surface area contributed by atoms with Gasteiger partial charge in [-0.1, -0.05) is 18.9 Å². The number of hydrogen-bond donors (Lipinski definition) is 2. The third kappa shape index (κ3) is 1.82. The first-order valence-corrected chi connectivity index (χ1v) is 4.20. The highest BCUT2D eigenvalue weighted by molar-refractivity contribution is 4.94. The minimum Gasteiger partial charge on any atom is -0.390 e. The van der Waals surface area contributed by atoms with E-state index in [0.29, 0.717) is 12.8 Å². The molecule has 1 saturated carbocycles. The molecule has 0 aliphatic heterocycles. The van der Waals surface area contributed by atoms with Gasteiger partial charge in [-0.3, -0.25) is 0 Å². The Hall–Kier alpha value is -0.340. The van der Waals surface area contributed by atoms with Crippen LogP contribution in [0.4, 0.5) is 0 Å². The standard InChI is InChI=1S/C9H16O2/c1-2-6-9(11)7-4-3-5-8(9)10/h2,8,10-11H,1,3-7H2/t8-,9+/m1/s1. The largest absolute Gasteiger partial charge is 0.390 e. The molecule has 0 bridgehead atoms. The predicted octanol–water partition coefficient (Wildman–Crippen LogP) is 1.23. The average Bonchev–Trinajstić information content (AvgIpc) is 1.96. The van der Waals surface area contributed by atoms with Crippen molar-refractivity contribution >= 4 is 0 Å². The predicted molar refractivity (Wildman–Crippen MR) is 44.2 cm³/mol. The molecule has 0 aromatic heterocycles. The Labute approximate surface area is 67.6 Å². The van der Waals surface area contributed by atoms with Gasteiger partial charge in [0.25, 0.3) is 0 Å². The highest BCUT2D eigenvalue weighted by Crippen LogP contribution is 2.31. The lowest BCUT2D eigenvalue weighted by atomic mass is 9.80. The van der Waals surface area contributed by atoms with Crippen molar-refractivity contribution in [2.45, 2.75) is 43.8 Å². The summed E-state index contributed by atoms with van der Waals surface area (Å²) in [7, 11) is 0. The smallest absolute Gasteiger partial charge is 0.0939 e. The molecule has 2 N–H and O–H groups in total. The van der Waals surface area contributed by atoms with E-state index in [9.17, 15) is 10.2 Å². The van der Waals surface area contributed by atoms with Crippen LogP contribution in [0.15, 0.2) is 12.7 Å². The highest BCUT2D eigenvalue weighted by Gasteiger charge is 2.36. The van der Waals surface area contributed by atoms with Crippen molar-refractivity contribution < 1.29 is 10.2 Å². The summed E-state index contributed by atoms with van der Waals surface area (Å²) in [5.74, 6) is 0. The second kappa shape index (κ2) is 3.37. The van der Waals surface area contributed by atoms with Crippen LogP contribution in [0.1, 0.15) is 32.1 Å². The van der Waals surface area contributed by atoms with Crippen LogP contribution in [0.25, 0.3) is 0 Å². The Bertz CT molecular complexity index is 144. The second-order valence-corrected chi connectivity index (χ2v) is 3.36. The van der Waals surface area contributed by atoms with Crippen LogP contribution in [0.3, 0.4) is 0 Å². The van der Waals surface area contributed by atoms with Gasteiger partial charge in [-0.15, -0.1) is 6.58 Å². The molecule has 1 fully saturated rings. The van der Waals surface area contributed by atoms with Crippen molar-refractivity contribution in [1.29, 1.82) is 0 Å². The molecule has 0 heterocycles. The molecule has 0 saturated heterocycles. The molecule has 2 nitrogen and oxygen atoms in total. The van der Waals surface area contributed by atoms with E-state index >= 15 is 0 Å². The van der Waals surface area contributed by atoms with Gasteiger partial charge in [-0.25, -0.2) is 0 Å². The Kier molecular flexibility index (Phi) is 2.68. The van der Waals surface area contributed by atoms with Gasteiger partial charge in [0, 0.05) is 0 Å². The molecule has 0 radical (unpaired) electrons. The summed E-state index contributed by atoms with van der Waals surface area (Å²) in [6, 6.07) is 0. The van der Waals surface area contributed by atoms with E-state index in [-0.39, 0.29) is 0 Å². The second-order valence-electron chi connectivity index (χ2n) is 3.36. The lowest BCUT2D eigenvalue weighted by Crippen LogP contribution is -2.44. The molecule has 0 aromatic rings. The average molecular weight is 156 g/mol. The summed E-state index contributed by atoms with van der Waals surface area (Å²) in [5, 5.41) is 19.3. The lowest BCUT2D eigenvalue weighted by molar-refractivity contribution is -0.0971. The summed E-state index contributed by atoms with van der Waals surface area (Å²) in [6.07, 6.45) is 5.11. The van der Waals surface area contributed by atoms with E-state index in [2.05, 4.69) is 6.58 Å². The first kappa shape index (κ1) is 8.75. The molecule has 1 aliphatic rings. The van der Waals surface area contributed by atoms with E-state index in [1.54, 1.807) is 6.08 Å². The zero-order chi connectivity index (χ0) is 8.32. The van der Waals surface area contributed by atoms with Crippen LogP contribution in [0, 0.1) is 0 Å². The van der Waals surface area contributed by atoms with Crippen LogP contribution >= 0.6 is 0 Å². The summed E-state index contributed by atoms with van der Waals surface area (Å²) < 4.78 is 0. The maximum absolute atomic E-state index is 9.82. The third-order valence-corrected chi connectivity index (χ3v) is 2.46. The third-order valence-electron chi connectivity index (χ3n) is 2.46. The molecule has 1 rings (SSSR count). The normalized spacial score (nSPS) is 38.5. The number of hydrogen-bond acceptors (Lipinski definition) is 2. The van der Waals surface area contributed by atoms with Crippen LogP contribution < -0.4 is 0 Å². The van der Waals surface area contributed by atoms with Gasteiger partial charge in [0.1, 0.15) is 0 Å². The van der Waals surface area contributed by atoms with Crippen molar-refractivity contribution in [3.05, 3.63) is 12.7 Å². The topological polar surface area (TPSA) is 40.5 Å². The van der Waals surface area contributed by atoms with E-state index < -0.39 is 11.7 Å². The molecule has 1 aliphatic carbocycles. The van der Waals surface area contributed by atoms with Gasteiger partial charge < -0.3 is 10.2 Å². The summed E-state index contributed by atoms with van der Waals surface area (Å²) in [6.45, 7) is 3.56. The maximum atomic E-state index is 9.82. The van der Waals surface area contributed by atoms with Crippen LogP contribution in [-0.4, -0.2) is 21.9 Å². The minimum absolute atomic E-state index is 0.508. The van der Waals surface area contributed by atoms with Crippen molar-refractivity contribution in [2.24, 2.45) is 0 Å². The Balaban J connectivity index is 2.56. The fourth-order valence-corrected chi connectivity index (χ4v) is 1.69. The molecule has 2 heteroatoms. The summed E-state index contributed by atoms with van der Waals surface area (Å²) in [4.78, 5) is 0. The molecule has 2 atom stereocenters. The Morgan fingerprint density at radius 2 is 2.27 bits per heavy atom. The lowest BCUT2D eigenvalue weighted by Gasteiger charge is -2.36. The van der Waals surface area contributed by atoms with Crippen molar-refractivity contribution in [1.82, 2.24) is 0 Å². The van der Waals surface area contributed by atoms with Crippen molar-refractivity contribution in [2.75, 3.05) is 0 Å². The SMILES string of the molecule is C=CC[C@]1(O)CCCC[C@H]1O. The first-order valence-electron chi connectivity index (χ1n) is 4.20. The van der Waals surface area contributed by atoms with Crippen molar-refractivity contribution in [3.63, 3.8) is 0 Å². The zero-order valence-corrected chi connectivity index (χ0v) is 6.79. The molecule has 0 unspecified atom stereocenters. The number of rotatable bonds is 2. The van der Waals surface area contributed by atoms with Gasteiger partial charge in [-0.2, -0.15) is 0 Å². The van der Waals surface area contributed by atoms with Gasteiger partial charge in [0.2, 0.25) is 0 Å². The van der Waals surface area contributed by atoms with E-state index in [4.69, 9.17) is 0 Å². The number of aliphatic hydroxyl groups is 2. The Morgan fingerprint density at radius 3 is 2.82 bits per heavy atom. The monoisotopic (exact) mass is 156 g/mol. The molecule has 0 spiro atoms. The fraction of sp³-hybridized carbons (Fsp3) is 0.778. The fourth-order valence-electron chi connectivity index (χ4n) is 1.69.